The van der Waals surface area contributed by atoms with Crippen molar-refractivity contribution in [1.82, 2.24) is 5.32 Å². The molecule has 2 rings (SSSR count). The summed E-state index contributed by atoms with van der Waals surface area (Å²) in [5.74, 6) is 0. The van der Waals surface area contributed by atoms with Crippen LogP contribution >= 0.6 is 27.5 Å². The van der Waals surface area contributed by atoms with Crippen molar-refractivity contribution in [2.75, 3.05) is 0 Å². The first-order valence-corrected chi connectivity index (χ1v) is 7.62. The fourth-order valence-electron chi connectivity index (χ4n) is 2.59. The molecule has 1 heterocycles. The van der Waals surface area contributed by atoms with E-state index in [0.29, 0.717) is 17.1 Å². The van der Waals surface area contributed by atoms with Crippen molar-refractivity contribution < 1.29 is 5.11 Å². The van der Waals surface area contributed by atoms with Gasteiger partial charge in [-0.05, 0) is 43.9 Å². The second-order valence-electron chi connectivity index (χ2n) is 5.11. The van der Waals surface area contributed by atoms with Gasteiger partial charge >= 0.3 is 0 Å². The van der Waals surface area contributed by atoms with Crippen molar-refractivity contribution in [3.63, 3.8) is 0 Å². The smallest absolute Gasteiger partial charge is 0.0819 e. The lowest BCUT2D eigenvalue weighted by Crippen LogP contribution is -2.41. The summed E-state index contributed by atoms with van der Waals surface area (Å²) in [6.07, 6.45) is 3.83. The van der Waals surface area contributed by atoms with E-state index in [2.05, 4.69) is 28.2 Å². The highest BCUT2D eigenvalue weighted by molar-refractivity contribution is 9.10. The van der Waals surface area contributed by atoms with E-state index in [4.69, 9.17) is 11.6 Å². The van der Waals surface area contributed by atoms with E-state index in [1.54, 1.807) is 0 Å². The molecule has 0 bridgehead atoms. The van der Waals surface area contributed by atoms with Gasteiger partial charge in [0.05, 0.1) is 6.10 Å². The zero-order chi connectivity index (χ0) is 13.1. The van der Waals surface area contributed by atoms with Gasteiger partial charge in [0.1, 0.15) is 0 Å². The number of hydrogen-bond donors (Lipinski definition) is 2. The fourth-order valence-corrected chi connectivity index (χ4v) is 3.39. The van der Waals surface area contributed by atoms with Gasteiger partial charge in [0, 0.05) is 21.6 Å². The lowest BCUT2D eigenvalue weighted by molar-refractivity contribution is 0.139. The first-order chi connectivity index (χ1) is 8.56. The average molecular weight is 333 g/mol. The molecule has 0 amide bonds. The summed E-state index contributed by atoms with van der Waals surface area (Å²) in [4.78, 5) is 0. The number of benzene rings is 1. The zero-order valence-corrected chi connectivity index (χ0v) is 12.8. The van der Waals surface area contributed by atoms with E-state index in [0.717, 1.165) is 22.9 Å². The summed E-state index contributed by atoms with van der Waals surface area (Å²) < 4.78 is 0.938. The number of rotatable bonds is 3. The Balaban J connectivity index is 2.00. The second-order valence-corrected chi connectivity index (χ2v) is 6.44. The van der Waals surface area contributed by atoms with Crippen LogP contribution in [0, 0.1) is 0 Å². The predicted octanol–water partition coefficient (Wildman–Crippen LogP) is 4.06. The molecule has 1 aromatic rings. The lowest BCUT2D eigenvalue weighted by atomic mass is 9.93. The van der Waals surface area contributed by atoms with Gasteiger partial charge in [-0.25, -0.2) is 0 Å². The van der Waals surface area contributed by atoms with Gasteiger partial charge in [-0.3, -0.25) is 0 Å². The standard InChI is InChI=1S/C14H19BrClNO/c1-9-3-2-4-11(17-9)8-14(18)12-6-5-10(15)7-13(12)16/h5-7,9,11,14,17-18H,2-4,8H2,1H3. The zero-order valence-electron chi connectivity index (χ0n) is 10.5. The monoisotopic (exact) mass is 331 g/mol. The van der Waals surface area contributed by atoms with E-state index in [1.807, 2.05) is 18.2 Å². The van der Waals surface area contributed by atoms with Gasteiger partial charge in [-0.1, -0.05) is 40.0 Å². The molecular formula is C14H19BrClNO. The van der Waals surface area contributed by atoms with Gasteiger partial charge in [0.15, 0.2) is 0 Å². The summed E-state index contributed by atoms with van der Waals surface area (Å²) in [7, 11) is 0. The summed E-state index contributed by atoms with van der Waals surface area (Å²) in [6.45, 7) is 2.20. The SMILES string of the molecule is CC1CCCC(CC(O)c2ccc(Br)cc2Cl)N1. The van der Waals surface area contributed by atoms with Crippen LogP contribution in [0.4, 0.5) is 0 Å². The third kappa shape index (κ3) is 3.70. The average Bonchev–Trinajstić information content (AvgIpc) is 2.28. The minimum Gasteiger partial charge on any atom is -0.388 e. The van der Waals surface area contributed by atoms with Crippen LogP contribution in [0.2, 0.25) is 5.02 Å². The van der Waals surface area contributed by atoms with Crippen LogP contribution < -0.4 is 5.32 Å². The molecule has 0 aromatic heterocycles. The van der Waals surface area contributed by atoms with Crippen LogP contribution in [0.25, 0.3) is 0 Å². The van der Waals surface area contributed by atoms with E-state index >= 15 is 0 Å². The van der Waals surface area contributed by atoms with Gasteiger partial charge in [-0.2, -0.15) is 0 Å². The van der Waals surface area contributed by atoms with Crippen LogP contribution in [-0.2, 0) is 0 Å². The third-order valence-corrected chi connectivity index (χ3v) is 4.36. The second kappa shape index (κ2) is 6.38. The molecule has 0 saturated carbocycles. The molecular weight excluding hydrogens is 314 g/mol. The molecule has 1 aromatic carbocycles. The van der Waals surface area contributed by atoms with Crippen molar-refractivity contribution in [3.8, 4) is 0 Å². The van der Waals surface area contributed by atoms with Gasteiger partial charge in [-0.15, -0.1) is 0 Å². The lowest BCUT2D eigenvalue weighted by Gasteiger charge is -2.30. The van der Waals surface area contributed by atoms with Crippen LogP contribution in [0.15, 0.2) is 22.7 Å². The molecule has 1 aliphatic rings. The Morgan fingerprint density at radius 3 is 2.94 bits per heavy atom. The Hall–Kier alpha value is -0.0900. The van der Waals surface area contributed by atoms with Crippen LogP contribution in [0.1, 0.15) is 44.3 Å². The Morgan fingerprint density at radius 1 is 1.50 bits per heavy atom. The molecule has 0 radical (unpaired) electrons. The van der Waals surface area contributed by atoms with Crippen molar-refractivity contribution >= 4 is 27.5 Å². The van der Waals surface area contributed by atoms with Crippen molar-refractivity contribution in [2.24, 2.45) is 0 Å². The van der Waals surface area contributed by atoms with Crippen LogP contribution in [0.3, 0.4) is 0 Å². The Morgan fingerprint density at radius 2 is 2.28 bits per heavy atom. The van der Waals surface area contributed by atoms with Gasteiger partial charge in [0.2, 0.25) is 0 Å². The van der Waals surface area contributed by atoms with Crippen LogP contribution in [-0.4, -0.2) is 17.2 Å². The molecule has 0 spiro atoms. The highest BCUT2D eigenvalue weighted by atomic mass is 79.9. The van der Waals surface area contributed by atoms with E-state index in [9.17, 15) is 5.11 Å². The van der Waals surface area contributed by atoms with Crippen molar-refractivity contribution in [2.45, 2.75) is 50.8 Å². The first kappa shape index (κ1) is 14.3. The number of piperidine rings is 1. The molecule has 4 heteroatoms. The number of nitrogens with one attached hydrogen (secondary N) is 1. The molecule has 1 fully saturated rings. The highest BCUT2D eigenvalue weighted by Gasteiger charge is 2.22. The predicted molar refractivity (Wildman–Crippen MR) is 79.0 cm³/mol. The molecule has 2 N–H and O–H groups in total. The maximum Gasteiger partial charge on any atom is 0.0819 e. The summed E-state index contributed by atoms with van der Waals surface area (Å²) >= 11 is 9.53. The van der Waals surface area contributed by atoms with E-state index in [1.165, 1.54) is 12.8 Å². The number of aliphatic hydroxyl groups is 1. The normalized spacial score (nSPS) is 26.0. The topological polar surface area (TPSA) is 32.3 Å². The maximum atomic E-state index is 10.3. The first-order valence-electron chi connectivity index (χ1n) is 6.45. The Kier molecular flexibility index (Phi) is 5.07. The molecule has 1 saturated heterocycles. The minimum atomic E-state index is -0.492. The molecule has 18 heavy (non-hydrogen) atoms. The molecule has 100 valence electrons. The van der Waals surface area contributed by atoms with Crippen molar-refractivity contribution in [1.29, 1.82) is 0 Å². The van der Waals surface area contributed by atoms with Gasteiger partial charge < -0.3 is 10.4 Å². The van der Waals surface area contributed by atoms with Gasteiger partial charge in [0.25, 0.3) is 0 Å². The molecule has 3 unspecified atom stereocenters. The number of hydrogen-bond acceptors (Lipinski definition) is 2. The Bertz CT molecular complexity index is 413. The Labute approximate surface area is 122 Å². The summed E-state index contributed by atoms with van der Waals surface area (Å²) in [5, 5.41) is 14.5. The van der Waals surface area contributed by atoms with Crippen molar-refractivity contribution in [3.05, 3.63) is 33.3 Å². The third-order valence-electron chi connectivity index (χ3n) is 3.54. The fraction of sp³-hybridized carbons (Fsp3) is 0.571. The minimum absolute atomic E-state index is 0.392. The molecule has 3 atom stereocenters. The molecule has 1 aliphatic heterocycles. The summed E-state index contributed by atoms with van der Waals surface area (Å²) in [6, 6.07) is 6.58. The largest absolute Gasteiger partial charge is 0.388 e. The summed E-state index contributed by atoms with van der Waals surface area (Å²) in [5.41, 5.74) is 0.819. The quantitative estimate of drug-likeness (QED) is 0.875. The molecule has 2 nitrogen and oxygen atoms in total. The number of aliphatic hydroxyl groups excluding tert-OH is 1. The molecule has 0 aliphatic carbocycles. The van der Waals surface area contributed by atoms with E-state index < -0.39 is 6.10 Å². The highest BCUT2D eigenvalue weighted by Crippen LogP contribution is 2.30. The van der Waals surface area contributed by atoms with Crippen LogP contribution in [0.5, 0.6) is 0 Å². The van der Waals surface area contributed by atoms with E-state index in [-0.39, 0.29) is 0 Å². The number of halogens is 2. The maximum absolute atomic E-state index is 10.3.